The third-order valence-corrected chi connectivity index (χ3v) is 6.09. The van der Waals surface area contributed by atoms with Crippen molar-refractivity contribution < 1.29 is 22.3 Å². The van der Waals surface area contributed by atoms with Gasteiger partial charge in [0.1, 0.15) is 11.6 Å². The van der Waals surface area contributed by atoms with Crippen molar-refractivity contribution in [2.45, 2.75) is 43.6 Å². The van der Waals surface area contributed by atoms with Crippen LogP contribution in [0.2, 0.25) is 0 Å². The van der Waals surface area contributed by atoms with Gasteiger partial charge >= 0.3 is 0 Å². The normalized spacial score (nSPS) is 14.8. The maximum absolute atomic E-state index is 14.1. The van der Waals surface area contributed by atoms with Crippen LogP contribution in [0.15, 0.2) is 47.4 Å². The number of rotatable bonds is 7. The average Bonchev–Trinajstić information content (AvgIpc) is 3.16. The van der Waals surface area contributed by atoms with Crippen LogP contribution in [0, 0.1) is 5.82 Å². The number of amides is 1. The SMILES string of the molecule is CCNS(=O)(=O)c1ccc(F)c(C(=O)Nc2ccc(OC3CCCC3)cc2)c1. The number of hydrogen-bond acceptors (Lipinski definition) is 4. The number of carbonyl (C=O) groups excluding carboxylic acids is 1. The van der Waals surface area contributed by atoms with Gasteiger partial charge in [0, 0.05) is 12.2 Å². The van der Waals surface area contributed by atoms with Crippen LogP contribution in [-0.2, 0) is 10.0 Å². The van der Waals surface area contributed by atoms with Gasteiger partial charge in [-0.15, -0.1) is 0 Å². The summed E-state index contributed by atoms with van der Waals surface area (Å²) in [6, 6.07) is 9.95. The van der Waals surface area contributed by atoms with E-state index in [0.717, 1.165) is 36.8 Å². The molecule has 2 aromatic rings. The van der Waals surface area contributed by atoms with Crippen molar-refractivity contribution in [3.05, 3.63) is 53.8 Å². The van der Waals surface area contributed by atoms with Crippen molar-refractivity contribution in [1.82, 2.24) is 4.72 Å². The van der Waals surface area contributed by atoms with Gasteiger partial charge in [-0.1, -0.05) is 6.92 Å². The average molecular weight is 406 g/mol. The molecule has 3 rings (SSSR count). The topological polar surface area (TPSA) is 84.5 Å². The predicted octanol–water partition coefficient (Wildman–Crippen LogP) is 3.70. The molecule has 0 atom stereocenters. The van der Waals surface area contributed by atoms with Gasteiger partial charge in [0.25, 0.3) is 5.91 Å². The van der Waals surface area contributed by atoms with Crippen molar-refractivity contribution >= 4 is 21.6 Å². The number of halogens is 1. The fourth-order valence-corrected chi connectivity index (χ4v) is 4.20. The van der Waals surface area contributed by atoms with Crippen LogP contribution in [0.1, 0.15) is 43.0 Å². The van der Waals surface area contributed by atoms with Gasteiger partial charge in [-0.05, 0) is 68.1 Å². The number of carbonyl (C=O) groups is 1. The third kappa shape index (κ3) is 4.88. The largest absolute Gasteiger partial charge is 0.490 e. The van der Waals surface area contributed by atoms with Gasteiger partial charge < -0.3 is 10.1 Å². The molecule has 28 heavy (non-hydrogen) atoms. The smallest absolute Gasteiger partial charge is 0.258 e. The Morgan fingerprint density at radius 3 is 2.46 bits per heavy atom. The van der Waals surface area contributed by atoms with Gasteiger partial charge in [0.2, 0.25) is 10.0 Å². The molecule has 8 heteroatoms. The zero-order valence-electron chi connectivity index (χ0n) is 15.6. The fourth-order valence-electron chi connectivity index (χ4n) is 3.13. The number of nitrogens with one attached hydrogen (secondary N) is 2. The highest BCUT2D eigenvalue weighted by molar-refractivity contribution is 7.89. The Morgan fingerprint density at radius 1 is 1.14 bits per heavy atom. The zero-order chi connectivity index (χ0) is 20.1. The second kappa shape index (κ2) is 8.70. The van der Waals surface area contributed by atoms with Gasteiger partial charge in [-0.3, -0.25) is 4.79 Å². The molecule has 0 saturated heterocycles. The first-order valence-electron chi connectivity index (χ1n) is 9.26. The fraction of sp³-hybridized carbons (Fsp3) is 0.350. The lowest BCUT2D eigenvalue weighted by Crippen LogP contribution is -2.24. The summed E-state index contributed by atoms with van der Waals surface area (Å²) in [5, 5.41) is 2.58. The summed E-state index contributed by atoms with van der Waals surface area (Å²) in [5.74, 6) is -0.806. The summed E-state index contributed by atoms with van der Waals surface area (Å²) in [7, 11) is -3.79. The minimum Gasteiger partial charge on any atom is -0.490 e. The molecule has 1 saturated carbocycles. The molecule has 6 nitrogen and oxygen atoms in total. The van der Waals surface area contributed by atoms with E-state index < -0.39 is 21.7 Å². The lowest BCUT2D eigenvalue weighted by Gasteiger charge is -2.13. The number of anilines is 1. The molecule has 0 heterocycles. The molecule has 1 fully saturated rings. The monoisotopic (exact) mass is 406 g/mol. The Balaban J connectivity index is 1.72. The first-order chi connectivity index (χ1) is 13.4. The van der Waals surface area contributed by atoms with E-state index in [0.29, 0.717) is 5.69 Å². The summed E-state index contributed by atoms with van der Waals surface area (Å²) in [6.45, 7) is 1.82. The van der Waals surface area contributed by atoms with Crippen LogP contribution >= 0.6 is 0 Å². The van der Waals surface area contributed by atoms with Crippen LogP contribution < -0.4 is 14.8 Å². The number of hydrogen-bond donors (Lipinski definition) is 2. The Kier molecular flexibility index (Phi) is 6.31. The van der Waals surface area contributed by atoms with Crippen molar-refractivity contribution in [3.63, 3.8) is 0 Å². The van der Waals surface area contributed by atoms with Crippen molar-refractivity contribution in [2.75, 3.05) is 11.9 Å². The molecule has 0 aliphatic heterocycles. The van der Waals surface area contributed by atoms with Crippen LogP contribution in [0.3, 0.4) is 0 Å². The highest BCUT2D eigenvalue weighted by atomic mass is 32.2. The summed E-state index contributed by atoms with van der Waals surface area (Å²) >= 11 is 0. The van der Waals surface area contributed by atoms with Gasteiger partial charge in [0.15, 0.2) is 0 Å². The highest BCUT2D eigenvalue weighted by Crippen LogP contribution is 2.25. The van der Waals surface area contributed by atoms with E-state index in [2.05, 4.69) is 10.0 Å². The number of sulfonamides is 1. The molecule has 0 unspecified atom stereocenters. The maximum atomic E-state index is 14.1. The molecule has 2 N–H and O–H groups in total. The summed E-state index contributed by atoms with van der Waals surface area (Å²) < 4.78 is 46.4. The van der Waals surface area contributed by atoms with Crippen molar-refractivity contribution in [2.24, 2.45) is 0 Å². The van der Waals surface area contributed by atoms with Crippen LogP contribution in [-0.4, -0.2) is 27.0 Å². The first kappa shape index (κ1) is 20.3. The quantitative estimate of drug-likeness (QED) is 0.734. The minimum atomic E-state index is -3.79. The summed E-state index contributed by atoms with van der Waals surface area (Å²) in [5.41, 5.74) is 0.119. The molecule has 0 bridgehead atoms. The molecule has 1 aliphatic carbocycles. The van der Waals surface area contributed by atoms with Gasteiger partial charge in [-0.25, -0.2) is 17.5 Å². The molecule has 0 radical (unpaired) electrons. The Bertz CT molecular complexity index is 939. The first-order valence-corrected chi connectivity index (χ1v) is 10.7. The summed E-state index contributed by atoms with van der Waals surface area (Å²) in [6.07, 6.45) is 4.67. The maximum Gasteiger partial charge on any atom is 0.258 e. The standard InChI is InChI=1S/C20H23FN2O4S/c1-2-22-28(25,26)17-11-12-19(21)18(13-17)20(24)23-14-7-9-16(10-8-14)27-15-5-3-4-6-15/h7-13,15,22H,2-6H2,1H3,(H,23,24). The van der Waals surface area contributed by atoms with E-state index in [1.165, 1.54) is 12.8 Å². The molecular weight excluding hydrogens is 383 g/mol. The second-order valence-electron chi connectivity index (χ2n) is 6.65. The van der Waals surface area contributed by atoms with Crippen molar-refractivity contribution in [1.29, 1.82) is 0 Å². The van der Waals surface area contributed by atoms with Crippen LogP contribution in [0.4, 0.5) is 10.1 Å². The van der Waals surface area contributed by atoms with Crippen LogP contribution in [0.5, 0.6) is 5.75 Å². The summed E-state index contributed by atoms with van der Waals surface area (Å²) in [4.78, 5) is 12.3. The van der Waals surface area contributed by atoms with E-state index in [-0.39, 0.29) is 23.1 Å². The van der Waals surface area contributed by atoms with Crippen molar-refractivity contribution in [3.8, 4) is 5.75 Å². The van der Waals surface area contributed by atoms with E-state index in [9.17, 15) is 17.6 Å². The van der Waals surface area contributed by atoms with Gasteiger partial charge in [-0.2, -0.15) is 0 Å². The van der Waals surface area contributed by atoms with E-state index in [1.807, 2.05) is 0 Å². The molecule has 150 valence electrons. The predicted molar refractivity (Wildman–Crippen MR) is 105 cm³/mol. The Morgan fingerprint density at radius 2 is 1.82 bits per heavy atom. The highest BCUT2D eigenvalue weighted by Gasteiger charge is 2.19. The Hall–Kier alpha value is -2.45. The van der Waals surface area contributed by atoms with Crippen LogP contribution in [0.25, 0.3) is 0 Å². The molecule has 2 aromatic carbocycles. The lowest BCUT2D eigenvalue weighted by atomic mass is 10.2. The minimum absolute atomic E-state index is 0.166. The number of benzene rings is 2. The third-order valence-electron chi connectivity index (χ3n) is 4.54. The molecular formula is C20H23FN2O4S. The Labute approximate surface area is 164 Å². The molecule has 0 aromatic heterocycles. The van der Waals surface area contributed by atoms with E-state index in [1.54, 1.807) is 31.2 Å². The molecule has 1 aliphatic rings. The van der Waals surface area contributed by atoms with E-state index >= 15 is 0 Å². The lowest BCUT2D eigenvalue weighted by molar-refractivity contribution is 0.102. The van der Waals surface area contributed by atoms with Gasteiger partial charge in [0.05, 0.1) is 16.6 Å². The molecule has 1 amide bonds. The second-order valence-corrected chi connectivity index (χ2v) is 8.41. The molecule has 0 spiro atoms. The number of ether oxygens (including phenoxy) is 1. The van der Waals surface area contributed by atoms with E-state index in [4.69, 9.17) is 4.74 Å². The zero-order valence-corrected chi connectivity index (χ0v) is 16.4.